The summed E-state index contributed by atoms with van der Waals surface area (Å²) in [5.41, 5.74) is 7.27. The van der Waals surface area contributed by atoms with Gasteiger partial charge in [-0.15, -0.1) is 0 Å². The predicted molar refractivity (Wildman–Crippen MR) is 54.1 cm³/mol. The van der Waals surface area contributed by atoms with Crippen molar-refractivity contribution in [1.82, 2.24) is 4.98 Å². The first-order valence-electron chi connectivity index (χ1n) is 4.12. The highest BCUT2D eigenvalue weighted by Gasteiger charge is 2.12. The molecule has 1 N–H and O–H groups in total. The van der Waals surface area contributed by atoms with Crippen molar-refractivity contribution in [2.24, 2.45) is 4.52 Å². The number of sulfonamides is 1. The van der Waals surface area contributed by atoms with Gasteiger partial charge in [0, 0.05) is 11.6 Å². The van der Waals surface area contributed by atoms with Crippen LogP contribution in [-0.2, 0) is 10.0 Å². The van der Waals surface area contributed by atoms with Crippen molar-refractivity contribution in [1.29, 1.82) is 5.53 Å². The van der Waals surface area contributed by atoms with Gasteiger partial charge in [-0.05, 0) is 12.1 Å². The van der Waals surface area contributed by atoms with E-state index in [1.165, 1.54) is 12.3 Å². The lowest BCUT2D eigenvalue weighted by Gasteiger charge is -1.99. The number of hydrogen-bond donors (Lipinski definition) is 1. The van der Waals surface area contributed by atoms with Crippen LogP contribution in [0.3, 0.4) is 0 Å². The molecule has 0 saturated heterocycles. The number of aromatic nitrogens is 1. The van der Waals surface area contributed by atoms with Gasteiger partial charge in [-0.1, -0.05) is 22.7 Å². The van der Waals surface area contributed by atoms with Crippen molar-refractivity contribution in [3.05, 3.63) is 36.5 Å². The van der Waals surface area contributed by atoms with Gasteiger partial charge in [-0.2, -0.15) is 13.9 Å². The van der Waals surface area contributed by atoms with E-state index in [1.54, 1.807) is 18.2 Å². The third kappa shape index (κ3) is 1.71. The highest BCUT2D eigenvalue weighted by Crippen LogP contribution is 2.17. The average Bonchev–Trinajstić information content (AvgIpc) is 2.28. The minimum absolute atomic E-state index is 0.0591. The Morgan fingerprint density at radius 3 is 2.73 bits per heavy atom. The van der Waals surface area contributed by atoms with Gasteiger partial charge in [0.05, 0.1) is 5.52 Å². The first-order chi connectivity index (χ1) is 7.13. The fourth-order valence-corrected chi connectivity index (χ4v) is 1.81. The highest BCUT2D eigenvalue weighted by atomic mass is 32.2. The number of nitrogens with zero attached hydrogens (tertiary/aromatic N) is 2. The molecule has 0 bridgehead atoms. The molecule has 1 aromatic heterocycles. The predicted octanol–water partition coefficient (Wildman–Crippen LogP) is 1.95. The maximum Gasteiger partial charge on any atom is 0.300 e. The Kier molecular flexibility index (Phi) is 2.20. The maximum atomic E-state index is 11.3. The zero-order chi connectivity index (χ0) is 10.9. The van der Waals surface area contributed by atoms with E-state index in [9.17, 15) is 8.42 Å². The summed E-state index contributed by atoms with van der Waals surface area (Å²) in [6, 6.07) is 8.60. The quantitative estimate of drug-likeness (QED) is 0.786. The molecule has 2 aromatic rings. The first kappa shape index (κ1) is 9.72. The molecule has 0 amide bonds. The second kappa shape index (κ2) is 3.39. The number of nitrogens with one attached hydrogen (secondary N) is 1. The molecule has 0 aliphatic carbocycles. The highest BCUT2D eigenvalue weighted by molar-refractivity contribution is 7.90. The molecule has 1 aromatic carbocycles. The Morgan fingerprint density at radius 1 is 1.27 bits per heavy atom. The van der Waals surface area contributed by atoms with Crippen molar-refractivity contribution < 1.29 is 8.42 Å². The third-order valence-electron chi connectivity index (χ3n) is 1.98. The number of fused-ring (bicyclic) bond motifs is 1. The van der Waals surface area contributed by atoms with Crippen LogP contribution >= 0.6 is 0 Å². The molecule has 15 heavy (non-hydrogen) atoms. The van der Waals surface area contributed by atoms with E-state index < -0.39 is 10.0 Å². The Morgan fingerprint density at radius 2 is 2.00 bits per heavy atom. The lowest BCUT2D eigenvalue weighted by molar-refractivity contribution is 0.594. The Bertz CT molecular complexity index is 622. The topological polar surface area (TPSA) is 83.2 Å². The van der Waals surface area contributed by atoms with Crippen molar-refractivity contribution in [2.45, 2.75) is 4.90 Å². The van der Waals surface area contributed by atoms with Gasteiger partial charge in [0.25, 0.3) is 0 Å². The van der Waals surface area contributed by atoms with Crippen LogP contribution in [0.2, 0.25) is 0 Å². The Hall–Kier alpha value is -1.82. The number of hydrogen-bond acceptors (Lipinski definition) is 4. The van der Waals surface area contributed by atoms with Crippen molar-refractivity contribution in [3.63, 3.8) is 0 Å². The van der Waals surface area contributed by atoms with Crippen molar-refractivity contribution in [2.75, 3.05) is 0 Å². The molecule has 0 fully saturated rings. The van der Waals surface area contributed by atoms with Crippen LogP contribution in [0.25, 0.3) is 10.9 Å². The third-order valence-corrected chi connectivity index (χ3v) is 3.04. The molecule has 2 rings (SSSR count). The van der Waals surface area contributed by atoms with E-state index in [1.807, 2.05) is 6.07 Å². The van der Waals surface area contributed by atoms with Gasteiger partial charge < -0.3 is 0 Å². The minimum Gasteiger partial charge on any atom is -0.255 e. The molecule has 6 heteroatoms. The van der Waals surface area contributed by atoms with Crippen molar-refractivity contribution in [3.8, 4) is 0 Å². The molecule has 0 spiro atoms. The molecule has 76 valence electrons. The van der Waals surface area contributed by atoms with Crippen molar-refractivity contribution >= 4 is 20.9 Å². The summed E-state index contributed by atoms with van der Waals surface area (Å²) in [6.45, 7) is 0. The fraction of sp³-hybridized carbons (Fsp3) is 0. The smallest absolute Gasteiger partial charge is 0.255 e. The fourth-order valence-electron chi connectivity index (χ4n) is 1.24. The molecule has 0 aliphatic heterocycles. The van der Waals surface area contributed by atoms with E-state index in [0.29, 0.717) is 10.9 Å². The molecular formula is C9H7N3O2S. The monoisotopic (exact) mass is 221 g/mol. The standard InChI is InChI=1S/C9H7N3O2S/c10-12-15(13,14)8-5-7-3-1-2-4-9(7)11-6-8/h1-6,10H. The lowest BCUT2D eigenvalue weighted by Crippen LogP contribution is -1.96. The first-order valence-corrected chi connectivity index (χ1v) is 5.56. The zero-order valence-electron chi connectivity index (χ0n) is 7.58. The van der Waals surface area contributed by atoms with Gasteiger partial charge in [0.2, 0.25) is 0 Å². The summed E-state index contributed by atoms with van der Waals surface area (Å²) in [5, 5.41) is 0.710. The summed E-state index contributed by atoms with van der Waals surface area (Å²) >= 11 is 0. The van der Waals surface area contributed by atoms with Crippen LogP contribution in [0.4, 0.5) is 0 Å². The average molecular weight is 221 g/mol. The van der Waals surface area contributed by atoms with Crippen LogP contribution in [0.1, 0.15) is 0 Å². The van der Waals surface area contributed by atoms with Gasteiger partial charge in [-0.3, -0.25) is 4.98 Å². The van der Waals surface area contributed by atoms with Crippen LogP contribution in [0.5, 0.6) is 0 Å². The van der Waals surface area contributed by atoms with Gasteiger partial charge in [-0.25, -0.2) is 0 Å². The van der Waals surface area contributed by atoms with Crippen LogP contribution in [0, 0.1) is 5.53 Å². The van der Waals surface area contributed by atoms with Gasteiger partial charge in [0.1, 0.15) is 4.90 Å². The molecule has 0 atom stereocenters. The van der Waals surface area contributed by atoms with E-state index in [4.69, 9.17) is 5.53 Å². The SMILES string of the molecule is N=NS(=O)(=O)c1cnc2ccccc2c1. The van der Waals surface area contributed by atoms with E-state index in [-0.39, 0.29) is 4.90 Å². The molecule has 0 radical (unpaired) electrons. The molecule has 5 nitrogen and oxygen atoms in total. The summed E-state index contributed by atoms with van der Waals surface area (Å²) in [5.74, 6) is 0. The summed E-state index contributed by atoms with van der Waals surface area (Å²) in [4.78, 5) is 3.91. The molecular weight excluding hydrogens is 214 g/mol. The minimum atomic E-state index is -3.86. The summed E-state index contributed by atoms with van der Waals surface area (Å²) < 4.78 is 25.1. The van der Waals surface area contributed by atoms with E-state index >= 15 is 0 Å². The molecule has 0 saturated carbocycles. The molecule has 0 aliphatic rings. The maximum absolute atomic E-state index is 11.3. The second-order valence-electron chi connectivity index (χ2n) is 2.93. The number of para-hydroxylation sites is 1. The zero-order valence-corrected chi connectivity index (χ0v) is 8.40. The van der Waals surface area contributed by atoms with Crippen LogP contribution in [0.15, 0.2) is 45.9 Å². The number of benzene rings is 1. The molecule has 0 unspecified atom stereocenters. The van der Waals surface area contributed by atoms with Gasteiger partial charge >= 0.3 is 10.0 Å². The van der Waals surface area contributed by atoms with E-state index in [2.05, 4.69) is 9.50 Å². The van der Waals surface area contributed by atoms with Crippen LogP contribution < -0.4 is 0 Å². The summed E-state index contributed by atoms with van der Waals surface area (Å²) in [7, 11) is -3.86. The normalized spacial score (nSPS) is 11.5. The Labute approximate surface area is 86.3 Å². The molecule has 1 heterocycles. The Balaban J connectivity index is 2.72. The summed E-state index contributed by atoms with van der Waals surface area (Å²) in [6.07, 6.45) is 1.20. The number of rotatable bonds is 2. The lowest BCUT2D eigenvalue weighted by atomic mass is 10.2. The van der Waals surface area contributed by atoms with Crippen LogP contribution in [-0.4, -0.2) is 13.4 Å². The number of pyridine rings is 1. The van der Waals surface area contributed by atoms with E-state index in [0.717, 1.165) is 0 Å². The second-order valence-corrected chi connectivity index (χ2v) is 4.53. The van der Waals surface area contributed by atoms with Gasteiger partial charge in [0.15, 0.2) is 0 Å². The largest absolute Gasteiger partial charge is 0.300 e.